The molecule has 0 N–H and O–H groups in total. The molecule has 3 rings (SSSR count). The van der Waals surface area contributed by atoms with Crippen molar-refractivity contribution < 1.29 is 9.53 Å². The van der Waals surface area contributed by atoms with Crippen LogP contribution in [0.25, 0.3) is 0 Å². The highest BCUT2D eigenvalue weighted by molar-refractivity contribution is 6.03. The van der Waals surface area contributed by atoms with Crippen LogP contribution in [0.3, 0.4) is 0 Å². The molecular weight excluding hydrogens is 350 g/mol. The summed E-state index contributed by atoms with van der Waals surface area (Å²) in [7, 11) is 1.66. The quantitative estimate of drug-likeness (QED) is 0.730. The zero-order chi connectivity index (χ0) is 20.1. The standard InChI is InChI=1S/C23H29N3O2/c1-5-25(6-2)16-23(27)26-22(20-13-8-7-10-17(20)3)15-21(24-26)18-11-9-12-19(14-18)28-4/h7-14,22H,5-6,15-16H2,1-4H3/t22-/m1/s1. The number of carbonyl (C=O) groups is 1. The van der Waals surface area contributed by atoms with Crippen molar-refractivity contribution >= 4 is 11.6 Å². The van der Waals surface area contributed by atoms with Gasteiger partial charge >= 0.3 is 0 Å². The number of likely N-dealkylation sites (N-methyl/N-ethyl adjacent to an activating group) is 1. The highest BCUT2D eigenvalue weighted by atomic mass is 16.5. The lowest BCUT2D eigenvalue weighted by Crippen LogP contribution is -2.38. The number of amides is 1. The van der Waals surface area contributed by atoms with Gasteiger partial charge < -0.3 is 4.74 Å². The Morgan fingerprint density at radius 3 is 2.61 bits per heavy atom. The molecule has 1 aliphatic heterocycles. The van der Waals surface area contributed by atoms with Crippen LogP contribution >= 0.6 is 0 Å². The number of hydrogen-bond donors (Lipinski definition) is 0. The van der Waals surface area contributed by atoms with Crippen LogP contribution in [0.2, 0.25) is 0 Å². The summed E-state index contributed by atoms with van der Waals surface area (Å²) in [6.07, 6.45) is 0.696. The molecule has 0 fully saturated rings. The molecule has 1 amide bonds. The van der Waals surface area contributed by atoms with Gasteiger partial charge in [0.25, 0.3) is 5.91 Å². The van der Waals surface area contributed by atoms with Crippen molar-refractivity contribution in [2.45, 2.75) is 33.2 Å². The summed E-state index contributed by atoms with van der Waals surface area (Å²) in [6.45, 7) is 8.31. The lowest BCUT2D eigenvalue weighted by molar-refractivity contribution is -0.134. The summed E-state index contributed by atoms with van der Waals surface area (Å²) in [5.74, 6) is 0.829. The number of rotatable bonds is 7. The fourth-order valence-corrected chi connectivity index (χ4v) is 3.63. The van der Waals surface area contributed by atoms with E-state index in [1.165, 1.54) is 5.56 Å². The maximum absolute atomic E-state index is 13.1. The van der Waals surface area contributed by atoms with Gasteiger partial charge in [0.15, 0.2) is 0 Å². The van der Waals surface area contributed by atoms with Crippen molar-refractivity contribution in [3.05, 3.63) is 65.2 Å². The number of hydrazone groups is 1. The summed E-state index contributed by atoms with van der Waals surface area (Å²) in [5.41, 5.74) is 4.24. The zero-order valence-corrected chi connectivity index (χ0v) is 17.2. The van der Waals surface area contributed by atoms with Gasteiger partial charge in [0, 0.05) is 12.0 Å². The molecule has 2 aromatic carbocycles. The van der Waals surface area contributed by atoms with E-state index in [0.29, 0.717) is 13.0 Å². The molecule has 5 nitrogen and oxygen atoms in total. The minimum Gasteiger partial charge on any atom is -0.497 e. The third-order valence-electron chi connectivity index (χ3n) is 5.37. The van der Waals surface area contributed by atoms with Crippen LogP contribution in [-0.4, -0.2) is 48.3 Å². The first kappa shape index (κ1) is 20.1. The molecule has 148 valence electrons. The van der Waals surface area contributed by atoms with E-state index in [9.17, 15) is 4.79 Å². The highest BCUT2D eigenvalue weighted by Crippen LogP contribution is 2.35. The van der Waals surface area contributed by atoms with E-state index in [2.05, 4.69) is 37.8 Å². The van der Waals surface area contributed by atoms with E-state index in [4.69, 9.17) is 9.84 Å². The molecule has 5 heteroatoms. The summed E-state index contributed by atoms with van der Waals surface area (Å²) in [5, 5.41) is 6.46. The first-order valence-electron chi connectivity index (χ1n) is 9.89. The molecule has 0 bridgehead atoms. The second-order valence-electron chi connectivity index (χ2n) is 7.05. The average molecular weight is 380 g/mol. The summed E-state index contributed by atoms with van der Waals surface area (Å²) >= 11 is 0. The molecule has 0 unspecified atom stereocenters. The second-order valence-corrected chi connectivity index (χ2v) is 7.05. The number of methoxy groups -OCH3 is 1. The number of nitrogens with zero attached hydrogens (tertiary/aromatic N) is 3. The summed E-state index contributed by atoms with van der Waals surface area (Å²) in [6, 6.07) is 16.0. The largest absolute Gasteiger partial charge is 0.497 e. The number of hydrogen-bond acceptors (Lipinski definition) is 4. The van der Waals surface area contributed by atoms with E-state index in [0.717, 1.165) is 35.7 Å². The van der Waals surface area contributed by atoms with Crippen LogP contribution in [0.1, 0.15) is 43.0 Å². The molecular formula is C23H29N3O2. The molecule has 1 atom stereocenters. The van der Waals surface area contributed by atoms with Crippen molar-refractivity contribution in [2.24, 2.45) is 5.10 Å². The van der Waals surface area contributed by atoms with E-state index < -0.39 is 0 Å². The minimum absolute atomic E-state index is 0.0369. The van der Waals surface area contributed by atoms with Gasteiger partial charge in [0.2, 0.25) is 0 Å². The lowest BCUT2D eigenvalue weighted by atomic mass is 9.95. The topological polar surface area (TPSA) is 45.1 Å². The van der Waals surface area contributed by atoms with Crippen LogP contribution in [0.15, 0.2) is 53.6 Å². The third kappa shape index (κ3) is 4.25. The monoisotopic (exact) mass is 379 g/mol. The van der Waals surface area contributed by atoms with Gasteiger partial charge in [-0.25, -0.2) is 5.01 Å². The van der Waals surface area contributed by atoms with Crippen molar-refractivity contribution in [3.63, 3.8) is 0 Å². The summed E-state index contributed by atoms with van der Waals surface area (Å²) < 4.78 is 5.36. The fraction of sp³-hybridized carbons (Fsp3) is 0.391. The Morgan fingerprint density at radius 2 is 1.93 bits per heavy atom. The molecule has 2 aromatic rings. The molecule has 1 heterocycles. The van der Waals surface area contributed by atoms with Gasteiger partial charge in [-0.3, -0.25) is 9.69 Å². The maximum Gasteiger partial charge on any atom is 0.257 e. The van der Waals surface area contributed by atoms with Crippen molar-refractivity contribution in [1.82, 2.24) is 9.91 Å². The number of carbonyl (C=O) groups excluding carboxylic acids is 1. The minimum atomic E-state index is -0.0783. The SMILES string of the molecule is CCN(CC)CC(=O)N1N=C(c2cccc(OC)c2)C[C@@H]1c1ccccc1C. The Hall–Kier alpha value is -2.66. The Labute approximate surface area is 167 Å². The predicted molar refractivity (Wildman–Crippen MR) is 113 cm³/mol. The number of benzene rings is 2. The Bertz CT molecular complexity index is 858. The normalized spacial score (nSPS) is 16.4. The molecule has 1 aliphatic rings. The van der Waals surface area contributed by atoms with Crippen LogP contribution in [0.5, 0.6) is 5.75 Å². The lowest BCUT2D eigenvalue weighted by Gasteiger charge is -2.26. The zero-order valence-electron chi connectivity index (χ0n) is 17.2. The van der Waals surface area contributed by atoms with Gasteiger partial charge in [-0.05, 0) is 43.3 Å². The average Bonchev–Trinajstić information content (AvgIpc) is 3.17. The van der Waals surface area contributed by atoms with Crippen LogP contribution < -0.4 is 4.74 Å². The van der Waals surface area contributed by atoms with Crippen molar-refractivity contribution in [2.75, 3.05) is 26.7 Å². The van der Waals surface area contributed by atoms with E-state index in [1.54, 1.807) is 12.1 Å². The molecule has 0 aromatic heterocycles. The van der Waals surface area contributed by atoms with E-state index in [1.807, 2.05) is 36.4 Å². The molecule has 0 saturated carbocycles. The Kier molecular flexibility index (Phi) is 6.47. The smallest absolute Gasteiger partial charge is 0.257 e. The number of ether oxygens (including phenoxy) is 1. The third-order valence-corrected chi connectivity index (χ3v) is 5.37. The van der Waals surface area contributed by atoms with Crippen LogP contribution in [0.4, 0.5) is 0 Å². The van der Waals surface area contributed by atoms with Gasteiger partial charge in [0.1, 0.15) is 5.75 Å². The Morgan fingerprint density at radius 1 is 1.18 bits per heavy atom. The van der Waals surface area contributed by atoms with Crippen LogP contribution in [0, 0.1) is 6.92 Å². The maximum atomic E-state index is 13.1. The van der Waals surface area contributed by atoms with Gasteiger partial charge in [-0.2, -0.15) is 5.10 Å². The predicted octanol–water partition coefficient (Wildman–Crippen LogP) is 4.02. The van der Waals surface area contributed by atoms with E-state index in [-0.39, 0.29) is 11.9 Å². The molecule has 0 aliphatic carbocycles. The summed E-state index contributed by atoms with van der Waals surface area (Å²) in [4.78, 5) is 15.2. The molecule has 0 spiro atoms. The van der Waals surface area contributed by atoms with Crippen molar-refractivity contribution in [1.29, 1.82) is 0 Å². The molecule has 0 saturated heterocycles. The number of aryl methyl sites for hydroxylation is 1. The van der Waals surface area contributed by atoms with Gasteiger partial charge in [-0.15, -0.1) is 0 Å². The fourth-order valence-electron chi connectivity index (χ4n) is 3.63. The Balaban J connectivity index is 1.95. The first-order chi connectivity index (χ1) is 13.6. The first-order valence-corrected chi connectivity index (χ1v) is 9.89. The van der Waals surface area contributed by atoms with Gasteiger partial charge in [-0.1, -0.05) is 50.2 Å². The second kappa shape index (κ2) is 9.02. The van der Waals surface area contributed by atoms with E-state index >= 15 is 0 Å². The van der Waals surface area contributed by atoms with Gasteiger partial charge in [0.05, 0.1) is 25.4 Å². The highest BCUT2D eigenvalue weighted by Gasteiger charge is 2.34. The van der Waals surface area contributed by atoms with Crippen molar-refractivity contribution in [3.8, 4) is 5.75 Å². The molecule has 0 radical (unpaired) electrons. The van der Waals surface area contributed by atoms with Crippen LogP contribution in [-0.2, 0) is 4.79 Å². The molecule has 28 heavy (non-hydrogen) atoms.